The van der Waals surface area contributed by atoms with E-state index in [9.17, 15) is 9.18 Å². The van der Waals surface area contributed by atoms with Gasteiger partial charge in [0.15, 0.2) is 5.82 Å². The summed E-state index contributed by atoms with van der Waals surface area (Å²) in [4.78, 5) is 16.6. The molecule has 0 unspecified atom stereocenters. The zero-order valence-corrected chi connectivity index (χ0v) is 15.0. The van der Waals surface area contributed by atoms with Crippen molar-refractivity contribution >= 4 is 23.4 Å². The van der Waals surface area contributed by atoms with Crippen LogP contribution in [0, 0.1) is 5.82 Å². The molecule has 0 fully saturated rings. The Labute approximate surface area is 154 Å². The fourth-order valence-electron chi connectivity index (χ4n) is 2.19. The van der Waals surface area contributed by atoms with Crippen molar-refractivity contribution in [2.75, 3.05) is 12.4 Å². The van der Waals surface area contributed by atoms with Gasteiger partial charge in [-0.15, -0.1) is 5.10 Å². The summed E-state index contributed by atoms with van der Waals surface area (Å²) < 4.78 is 18.8. The normalized spacial score (nSPS) is 11.8. The number of H-pyrrole nitrogens is 1. The van der Waals surface area contributed by atoms with Gasteiger partial charge in [-0.25, -0.2) is 9.37 Å². The fourth-order valence-corrected chi connectivity index (χ4v) is 2.91. The van der Waals surface area contributed by atoms with Gasteiger partial charge in [-0.2, -0.15) is 0 Å². The van der Waals surface area contributed by atoms with Crippen LogP contribution in [0.15, 0.2) is 53.7 Å². The molecule has 26 heavy (non-hydrogen) atoms. The van der Waals surface area contributed by atoms with Gasteiger partial charge in [-0.3, -0.25) is 9.89 Å². The Morgan fingerprint density at radius 2 is 1.96 bits per heavy atom. The summed E-state index contributed by atoms with van der Waals surface area (Å²) in [7, 11) is 1.60. The second kappa shape index (κ2) is 8.01. The number of aromatic nitrogens is 3. The van der Waals surface area contributed by atoms with Gasteiger partial charge in [0.2, 0.25) is 11.1 Å². The number of hydrogen-bond donors (Lipinski definition) is 2. The molecule has 0 aliphatic rings. The third kappa shape index (κ3) is 4.20. The van der Waals surface area contributed by atoms with Crippen molar-refractivity contribution in [1.29, 1.82) is 0 Å². The molecule has 0 aliphatic carbocycles. The highest BCUT2D eigenvalue weighted by molar-refractivity contribution is 8.00. The molecular formula is C18H17FN4O2S. The molecule has 1 aromatic heterocycles. The minimum absolute atomic E-state index is 0.152. The Morgan fingerprint density at radius 3 is 2.65 bits per heavy atom. The first-order chi connectivity index (χ1) is 12.6. The minimum atomic E-state index is -0.492. The van der Waals surface area contributed by atoms with Crippen molar-refractivity contribution in [2.45, 2.75) is 17.3 Å². The predicted molar refractivity (Wildman–Crippen MR) is 98.7 cm³/mol. The first-order valence-corrected chi connectivity index (χ1v) is 8.73. The fraction of sp³-hybridized carbons (Fsp3) is 0.167. The highest BCUT2D eigenvalue weighted by Gasteiger charge is 2.18. The van der Waals surface area contributed by atoms with Gasteiger partial charge in [-0.05, 0) is 43.3 Å². The first-order valence-electron chi connectivity index (χ1n) is 7.85. The maximum Gasteiger partial charge on any atom is 0.237 e. The van der Waals surface area contributed by atoms with Crippen LogP contribution in [0.1, 0.15) is 6.92 Å². The number of methoxy groups -OCH3 is 1. The minimum Gasteiger partial charge on any atom is -0.497 e. The third-order valence-corrected chi connectivity index (χ3v) is 4.57. The molecule has 2 aromatic carbocycles. The number of carbonyl (C=O) groups is 1. The monoisotopic (exact) mass is 372 g/mol. The summed E-state index contributed by atoms with van der Waals surface area (Å²) >= 11 is 1.19. The highest BCUT2D eigenvalue weighted by atomic mass is 32.2. The number of anilines is 1. The van der Waals surface area contributed by atoms with E-state index < -0.39 is 11.1 Å². The number of rotatable bonds is 6. The molecule has 3 rings (SSSR count). The number of para-hydroxylation sites is 1. The van der Waals surface area contributed by atoms with Crippen molar-refractivity contribution in [3.05, 3.63) is 54.3 Å². The van der Waals surface area contributed by atoms with Crippen LogP contribution in [0.3, 0.4) is 0 Å². The zero-order chi connectivity index (χ0) is 18.5. The Balaban J connectivity index is 1.64. The van der Waals surface area contributed by atoms with Crippen LogP contribution in [-0.2, 0) is 4.79 Å². The van der Waals surface area contributed by atoms with Gasteiger partial charge in [0, 0.05) is 5.56 Å². The lowest BCUT2D eigenvalue weighted by Crippen LogP contribution is -2.23. The SMILES string of the molecule is COc1ccc(-c2nc(S[C@H](C)C(=O)Nc3ccccc3F)n[nH]2)cc1. The van der Waals surface area contributed by atoms with Crippen molar-refractivity contribution in [3.8, 4) is 17.1 Å². The summed E-state index contributed by atoms with van der Waals surface area (Å²) in [5.41, 5.74) is 1.01. The third-order valence-electron chi connectivity index (χ3n) is 3.61. The van der Waals surface area contributed by atoms with E-state index in [0.29, 0.717) is 11.0 Å². The van der Waals surface area contributed by atoms with E-state index in [-0.39, 0.29) is 11.6 Å². The van der Waals surface area contributed by atoms with Crippen LogP contribution in [-0.4, -0.2) is 33.4 Å². The Kier molecular flexibility index (Phi) is 5.52. The number of nitrogens with zero attached hydrogens (tertiary/aromatic N) is 2. The van der Waals surface area contributed by atoms with E-state index >= 15 is 0 Å². The van der Waals surface area contributed by atoms with E-state index in [4.69, 9.17) is 4.74 Å². The van der Waals surface area contributed by atoms with E-state index in [1.54, 1.807) is 26.2 Å². The number of halogens is 1. The number of hydrogen-bond acceptors (Lipinski definition) is 5. The number of nitrogens with one attached hydrogen (secondary N) is 2. The standard InChI is InChI=1S/C18H17FN4O2S/c1-11(17(24)20-15-6-4-3-5-14(15)19)26-18-21-16(22-23-18)12-7-9-13(25-2)10-8-12/h3-11H,1-2H3,(H,20,24)(H,21,22,23)/t11-/m1/s1. The van der Waals surface area contributed by atoms with Crippen LogP contribution in [0.4, 0.5) is 10.1 Å². The molecule has 0 bridgehead atoms. The maximum absolute atomic E-state index is 13.6. The number of benzene rings is 2. The second-order valence-corrected chi connectivity index (χ2v) is 6.73. The molecule has 2 N–H and O–H groups in total. The van der Waals surface area contributed by atoms with Gasteiger partial charge in [0.25, 0.3) is 0 Å². The molecule has 1 heterocycles. The van der Waals surface area contributed by atoms with E-state index in [1.807, 2.05) is 24.3 Å². The number of aromatic amines is 1. The van der Waals surface area contributed by atoms with Crippen LogP contribution < -0.4 is 10.1 Å². The van der Waals surface area contributed by atoms with Crippen LogP contribution in [0.5, 0.6) is 5.75 Å². The average molecular weight is 372 g/mol. The lowest BCUT2D eigenvalue weighted by atomic mass is 10.2. The van der Waals surface area contributed by atoms with Gasteiger partial charge < -0.3 is 10.1 Å². The van der Waals surface area contributed by atoms with Crippen molar-refractivity contribution in [3.63, 3.8) is 0 Å². The van der Waals surface area contributed by atoms with Crippen molar-refractivity contribution in [1.82, 2.24) is 15.2 Å². The summed E-state index contributed by atoms with van der Waals surface area (Å²) in [6, 6.07) is 13.4. The summed E-state index contributed by atoms with van der Waals surface area (Å²) in [5.74, 6) is 0.548. The summed E-state index contributed by atoms with van der Waals surface area (Å²) in [5, 5.41) is 9.48. The quantitative estimate of drug-likeness (QED) is 0.645. The van der Waals surface area contributed by atoms with E-state index in [0.717, 1.165) is 11.3 Å². The smallest absolute Gasteiger partial charge is 0.237 e. The van der Waals surface area contributed by atoms with Crippen molar-refractivity contribution < 1.29 is 13.9 Å². The number of thioether (sulfide) groups is 1. The predicted octanol–water partition coefficient (Wildman–Crippen LogP) is 3.74. The topological polar surface area (TPSA) is 79.9 Å². The average Bonchev–Trinajstić information content (AvgIpc) is 3.12. The van der Waals surface area contributed by atoms with Crippen molar-refractivity contribution in [2.24, 2.45) is 0 Å². The largest absolute Gasteiger partial charge is 0.497 e. The highest BCUT2D eigenvalue weighted by Crippen LogP contribution is 2.25. The van der Waals surface area contributed by atoms with Gasteiger partial charge in [0.1, 0.15) is 11.6 Å². The zero-order valence-electron chi connectivity index (χ0n) is 14.2. The Morgan fingerprint density at radius 1 is 1.23 bits per heavy atom. The molecule has 0 spiro atoms. The van der Waals surface area contributed by atoms with Crippen LogP contribution in [0.2, 0.25) is 0 Å². The van der Waals surface area contributed by atoms with E-state index in [2.05, 4.69) is 20.5 Å². The van der Waals surface area contributed by atoms with Gasteiger partial charge in [0.05, 0.1) is 18.0 Å². The number of ether oxygens (including phenoxy) is 1. The number of carbonyl (C=O) groups excluding carboxylic acids is 1. The van der Waals surface area contributed by atoms with Gasteiger partial charge >= 0.3 is 0 Å². The molecule has 0 radical (unpaired) electrons. The first kappa shape index (κ1) is 17.9. The molecule has 134 valence electrons. The molecule has 8 heteroatoms. The Hall–Kier alpha value is -2.87. The molecule has 0 aliphatic heterocycles. The Bertz CT molecular complexity index is 898. The lowest BCUT2D eigenvalue weighted by Gasteiger charge is -2.10. The summed E-state index contributed by atoms with van der Waals surface area (Å²) in [6.45, 7) is 1.71. The summed E-state index contributed by atoms with van der Waals surface area (Å²) in [6.07, 6.45) is 0. The van der Waals surface area contributed by atoms with Crippen LogP contribution >= 0.6 is 11.8 Å². The maximum atomic E-state index is 13.6. The second-order valence-electron chi connectivity index (χ2n) is 5.42. The molecule has 3 aromatic rings. The molecule has 0 saturated heterocycles. The molecule has 1 atom stereocenters. The molecule has 6 nitrogen and oxygen atoms in total. The lowest BCUT2D eigenvalue weighted by molar-refractivity contribution is -0.115. The van der Waals surface area contributed by atoms with Gasteiger partial charge in [-0.1, -0.05) is 23.9 Å². The molecular weight excluding hydrogens is 355 g/mol. The van der Waals surface area contributed by atoms with Crippen LogP contribution in [0.25, 0.3) is 11.4 Å². The van der Waals surface area contributed by atoms with E-state index in [1.165, 1.54) is 23.9 Å². The molecule has 1 amide bonds. The molecule has 0 saturated carbocycles. The number of amides is 1.